The molecule has 1 aromatic heterocycles. The average Bonchev–Trinajstić information content (AvgIpc) is 3.45. The zero-order valence-corrected chi connectivity index (χ0v) is 16.7. The second-order valence-electron chi connectivity index (χ2n) is 7.60. The third kappa shape index (κ3) is 4.12. The maximum atomic E-state index is 13.3. The summed E-state index contributed by atoms with van der Waals surface area (Å²) in [5, 5.41) is 6.72. The van der Waals surface area contributed by atoms with Gasteiger partial charge in [0.15, 0.2) is 6.10 Å². The van der Waals surface area contributed by atoms with E-state index in [1.54, 1.807) is 25.3 Å². The van der Waals surface area contributed by atoms with E-state index in [0.29, 0.717) is 13.0 Å². The first-order chi connectivity index (χ1) is 14.1. The lowest BCUT2D eigenvalue weighted by Crippen LogP contribution is -2.55. The number of H-pyrrole nitrogens is 1. The standard InChI is InChI=1S/C21H26N4O4/c1-24(10-9-14-11-22-23-12-14)21(27)20-19(15-3-7-17(28-2)8-4-15)25(16-5-6-16)18(26)13-29-20/h3-4,7-8,11-12,16,19-20H,5-6,9-10,13H2,1-2H3,(H,22,23)/t19-,20+/m1/s1. The molecule has 2 amide bonds. The summed E-state index contributed by atoms with van der Waals surface area (Å²) in [6.45, 7) is 0.486. The molecule has 1 aliphatic heterocycles. The molecule has 29 heavy (non-hydrogen) atoms. The van der Waals surface area contributed by atoms with E-state index >= 15 is 0 Å². The summed E-state index contributed by atoms with van der Waals surface area (Å²) in [5.41, 5.74) is 1.92. The second-order valence-corrected chi connectivity index (χ2v) is 7.60. The second kappa shape index (κ2) is 8.24. The number of morpholine rings is 1. The highest BCUT2D eigenvalue weighted by Crippen LogP contribution is 2.40. The highest BCUT2D eigenvalue weighted by molar-refractivity contribution is 5.86. The number of hydrogen-bond acceptors (Lipinski definition) is 5. The molecule has 0 spiro atoms. The molecule has 8 heteroatoms. The Hall–Kier alpha value is -2.87. The van der Waals surface area contributed by atoms with Crippen molar-refractivity contribution in [3.8, 4) is 5.75 Å². The first-order valence-corrected chi connectivity index (χ1v) is 9.88. The smallest absolute Gasteiger partial charge is 0.254 e. The van der Waals surface area contributed by atoms with E-state index in [1.807, 2.05) is 35.4 Å². The van der Waals surface area contributed by atoms with E-state index in [2.05, 4.69) is 10.2 Å². The van der Waals surface area contributed by atoms with Gasteiger partial charge in [-0.3, -0.25) is 14.7 Å². The molecule has 1 aromatic carbocycles. The van der Waals surface area contributed by atoms with Crippen molar-refractivity contribution in [3.63, 3.8) is 0 Å². The van der Waals surface area contributed by atoms with E-state index in [4.69, 9.17) is 9.47 Å². The molecule has 2 aromatic rings. The normalized spacial score (nSPS) is 21.9. The maximum Gasteiger partial charge on any atom is 0.254 e. The zero-order chi connectivity index (χ0) is 20.4. The molecular formula is C21H26N4O4. The van der Waals surface area contributed by atoms with Crippen LogP contribution in [0, 0.1) is 0 Å². The summed E-state index contributed by atoms with van der Waals surface area (Å²) in [6.07, 6.45) is 5.48. The van der Waals surface area contributed by atoms with Crippen LogP contribution in [0.5, 0.6) is 5.75 Å². The number of benzene rings is 1. The number of carbonyl (C=O) groups excluding carboxylic acids is 2. The third-order valence-electron chi connectivity index (χ3n) is 5.57. The Labute approximate surface area is 169 Å². The van der Waals surface area contributed by atoms with Crippen molar-refractivity contribution in [1.29, 1.82) is 0 Å². The van der Waals surface area contributed by atoms with Crippen molar-refractivity contribution < 1.29 is 19.1 Å². The lowest BCUT2D eigenvalue weighted by atomic mass is 9.96. The fourth-order valence-corrected chi connectivity index (χ4v) is 3.79. The van der Waals surface area contributed by atoms with Crippen molar-refractivity contribution in [2.24, 2.45) is 0 Å². The zero-order valence-electron chi connectivity index (χ0n) is 16.7. The van der Waals surface area contributed by atoms with Gasteiger partial charge in [0.25, 0.3) is 5.91 Å². The summed E-state index contributed by atoms with van der Waals surface area (Å²) < 4.78 is 11.1. The Kier molecular flexibility index (Phi) is 5.53. The Morgan fingerprint density at radius 3 is 2.72 bits per heavy atom. The van der Waals surface area contributed by atoms with Gasteiger partial charge in [0.1, 0.15) is 12.4 Å². The molecule has 1 N–H and O–H groups in total. The number of hydrogen-bond donors (Lipinski definition) is 1. The lowest BCUT2D eigenvalue weighted by molar-refractivity contribution is -0.169. The summed E-state index contributed by atoms with van der Waals surface area (Å²) in [4.78, 5) is 29.5. The number of amides is 2. The molecule has 2 atom stereocenters. The Morgan fingerprint density at radius 1 is 1.34 bits per heavy atom. The van der Waals surface area contributed by atoms with Crippen LogP contribution < -0.4 is 4.74 Å². The van der Waals surface area contributed by atoms with E-state index in [9.17, 15) is 9.59 Å². The molecule has 1 saturated heterocycles. The number of likely N-dealkylation sites (N-methyl/N-ethyl adjacent to an activating group) is 1. The van der Waals surface area contributed by atoms with Gasteiger partial charge in [0, 0.05) is 25.8 Å². The molecule has 1 saturated carbocycles. The number of ether oxygens (including phenoxy) is 2. The Balaban J connectivity index is 1.56. The minimum absolute atomic E-state index is 0.0570. The van der Waals surface area contributed by atoms with Crippen LogP contribution >= 0.6 is 0 Å². The fourth-order valence-electron chi connectivity index (χ4n) is 3.79. The molecule has 154 valence electrons. The number of nitrogens with zero attached hydrogens (tertiary/aromatic N) is 3. The maximum absolute atomic E-state index is 13.3. The molecule has 2 aliphatic rings. The summed E-state index contributed by atoms with van der Waals surface area (Å²) in [6, 6.07) is 7.27. The van der Waals surface area contributed by atoms with Crippen LogP contribution in [0.25, 0.3) is 0 Å². The molecule has 0 bridgehead atoms. The molecule has 0 radical (unpaired) electrons. The van der Waals surface area contributed by atoms with Gasteiger partial charge in [-0.15, -0.1) is 0 Å². The number of methoxy groups -OCH3 is 1. The van der Waals surface area contributed by atoms with Crippen LogP contribution in [0.3, 0.4) is 0 Å². The van der Waals surface area contributed by atoms with E-state index in [0.717, 1.165) is 29.7 Å². The molecule has 2 heterocycles. The van der Waals surface area contributed by atoms with E-state index in [1.165, 1.54) is 0 Å². The number of nitrogens with one attached hydrogen (secondary N) is 1. The van der Waals surface area contributed by atoms with Gasteiger partial charge in [-0.25, -0.2) is 0 Å². The quantitative estimate of drug-likeness (QED) is 0.765. The van der Waals surface area contributed by atoms with Gasteiger partial charge < -0.3 is 19.3 Å². The van der Waals surface area contributed by atoms with E-state index < -0.39 is 12.1 Å². The van der Waals surface area contributed by atoms with Crippen LogP contribution in [0.4, 0.5) is 0 Å². The van der Waals surface area contributed by atoms with Crippen molar-refractivity contribution in [3.05, 3.63) is 47.8 Å². The lowest BCUT2D eigenvalue weighted by Gasteiger charge is -2.42. The molecule has 8 nitrogen and oxygen atoms in total. The van der Waals surface area contributed by atoms with E-state index in [-0.39, 0.29) is 24.5 Å². The molecular weight excluding hydrogens is 372 g/mol. The summed E-state index contributed by atoms with van der Waals surface area (Å²) in [7, 11) is 3.38. The van der Waals surface area contributed by atoms with Crippen LogP contribution in [0.15, 0.2) is 36.7 Å². The van der Waals surface area contributed by atoms with Gasteiger partial charge in [0.2, 0.25) is 5.91 Å². The number of rotatable bonds is 7. The molecule has 1 aliphatic carbocycles. The van der Waals surface area contributed by atoms with Crippen molar-refractivity contribution in [2.45, 2.75) is 37.5 Å². The van der Waals surface area contributed by atoms with Crippen LogP contribution in [-0.4, -0.2) is 71.3 Å². The predicted octanol–water partition coefficient (Wildman–Crippen LogP) is 1.55. The Morgan fingerprint density at radius 2 is 2.10 bits per heavy atom. The monoisotopic (exact) mass is 398 g/mol. The fraction of sp³-hybridized carbons (Fsp3) is 0.476. The van der Waals surface area contributed by atoms with Gasteiger partial charge >= 0.3 is 0 Å². The number of aromatic nitrogens is 2. The number of carbonyl (C=O) groups is 2. The van der Waals surface area contributed by atoms with Crippen molar-refractivity contribution in [1.82, 2.24) is 20.0 Å². The predicted molar refractivity (Wildman–Crippen MR) is 105 cm³/mol. The highest BCUT2D eigenvalue weighted by Gasteiger charge is 2.48. The van der Waals surface area contributed by atoms with Crippen LogP contribution in [0.1, 0.15) is 30.0 Å². The Bertz CT molecular complexity index is 848. The number of aromatic amines is 1. The van der Waals surface area contributed by atoms with Gasteiger partial charge in [-0.05, 0) is 42.5 Å². The topological polar surface area (TPSA) is 87.8 Å². The van der Waals surface area contributed by atoms with Crippen LogP contribution in [0.2, 0.25) is 0 Å². The van der Waals surface area contributed by atoms with Crippen LogP contribution in [-0.2, 0) is 20.7 Å². The van der Waals surface area contributed by atoms with Crippen molar-refractivity contribution in [2.75, 3.05) is 27.3 Å². The molecule has 2 fully saturated rings. The summed E-state index contributed by atoms with van der Waals surface area (Å²) >= 11 is 0. The summed E-state index contributed by atoms with van der Waals surface area (Å²) in [5.74, 6) is 0.556. The molecule has 4 rings (SSSR count). The highest BCUT2D eigenvalue weighted by atomic mass is 16.5. The van der Waals surface area contributed by atoms with Gasteiger partial charge in [0.05, 0.1) is 19.3 Å². The van der Waals surface area contributed by atoms with Crippen molar-refractivity contribution >= 4 is 11.8 Å². The largest absolute Gasteiger partial charge is 0.497 e. The minimum Gasteiger partial charge on any atom is -0.497 e. The molecule has 0 unspecified atom stereocenters. The van der Waals surface area contributed by atoms with Gasteiger partial charge in [-0.1, -0.05) is 12.1 Å². The SMILES string of the molecule is COc1ccc([C@@H]2[C@@H](C(=O)N(C)CCc3cn[nH]c3)OCC(=O)N2C2CC2)cc1. The first kappa shape index (κ1) is 19.4. The van der Waals surface area contributed by atoms with Gasteiger partial charge in [-0.2, -0.15) is 5.10 Å². The minimum atomic E-state index is -0.726. The average molecular weight is 398 g/mol. The first-order valence-electron chi connectivity index (χ1n) is 9.88. The third-order valence-corrected chi connectivity index (χ3v) is 5.57.